The molecule has 0 saturated heterocycles. The van der Waals surface area contributed by atoms with E-state index < -0.39 is 10.0 Å². The molecule has 2 rings (SSSR count). The summed E-state index contributed by atoms with van der Waals surface area (Å²) in [6.07, 6.45) is 1.16. The van der Waals surface area contributed by atoms with E-state index in [1.807, 2.05) is 30.3 Å². The summed E-state index contributed by atoms with van der Waals surface area (Å²) < 4.78 is 35.7. The number of carbonyl (C=O) groups is 1. The molecule has 0 radical (unpaired) electrons. The minimum atomic E-state index is -3.40. The van der Waals surface area contributed by atoms with Gasteiger partial charge < -0.3 is 14.8 Å². The number of ether oxygens (including phenoxy) is 2. The maximum atomic E-state index is 12.3. The van der Waals surface area contributed by atoms with Crippen molar-refractivity contribution in [1.29, 1.82) is 0 Å². The van der Waals surface area contributed by atoms with Crippen molar-refractivity contribution in [3.05, 3.63) is 59.7 Å². The number of methoxy groups -OCH3 is 2. The summed E-state index contributed by atoms with van der Waals surface area (Å²) in [5.41, 5.74) is 1.29. The Morgan fingerprint density at radius 1 is 1.04 bits per heavy atom. The molecule has 146 valence electrons. The molecule has 8 heteroatoms. The van der Waals surface area contributed by atoms with Crippen molar-refractivity contribution in [2.24, 2.45) is 0 Å². The molecule has 0 heterocycles. The van der Waals surface area contributed by atoms with Crippen LogP contribution in [0.15, 0.2) is 48.5 Å². The number of nitrogens with one attached hydrogen (secondary N) is 1. The highest BCUT2D eigenvalue weighted by Crippen LogP contribution is 2.27. The maximum Gasteiger partial charge on any atom is 0.251 e. The number of hydrogen-bond donors (Lipinski definition) is 1. The number of benzene rings is 2. The van der Waals surface area contributed by atoms with Crippen LogP contribution >= 0.6 is 0 Å². The number of amides is 1. The largest absolute Gasteiger partial charge is 0.493 e. The third-order valence-corrected chi connectivity index (χ3v) is 5.21. The summed E-state index contributed by atoms with van der Waals surface area (Å²) in [5, 5.41) is 2.73. The maximum absolute atomic E-state index is 12.3. The Morgan fingerprint density at radius 2 is 1.70 bits per heavy atom. The molecule has 0 bridgehead atoms. The third kappa shape index (κ3) is 5.97. The molecule has 0 unspecified atom stereocenters. The Bertz CT molecular complexity index is 869. The van der Waals surface area contributed by atoms with Gasteiger partial charge in [0.05, 0.1) is 20.5 Å². The van der Waals surface area contributed by atoms with Crippen LogP contribution in [0.25, 0.3) is 0 Å². The van der Waals surface area contributed by atoms with Gasteiger partial charge in [0.2, 0.25) is 10.0 Å². The fraction of sp³-hybridized carbons (Fsp3) is 0.316. The van der Waals surface area contributed by atoms with E-state index in [9.17, 15) is 13.2 Å². The molecule has 0 aromatic heterocycles. The van der Waals surface area contributed by atoms with Crippen molar-refractivity contribution in [2.45, 2.75) is 6.54 Å². The van der Waals surface area contributed by atoms with E-state index in [0.717, 1.165) is 11.8 Å². The third-order valence-electron chi connectivity index (χ3n) is 3.96. The van der Waals surface area contributed by atoms with Crippen molar-refractivity contribution in [3.8, 4) is 11.5 Å². The van der Waals surface area contributed by atoms with Crippen molar-refractivity contribution >= 4 is 15.9 Å². The van der Waals surface area contributed by atoms with Crippen molar-refractivity contribution in [1.82, 2.24) is 9.62 Å². The first-order valence-electron chi connectivity index (χ1n) is 8.34. The Kier molecular flexibility index (Phi) is 7.20. The molecular formula is C19H24N2O5S. The highest BCUT2D eigenvalue weighted by molar-refractivity contribution is 7.88. The van der Waals surface area contributed by atoms with Crippen molar-refractivity contribution < 1.29 is 22.7 Å². The van der Waals surface area contributed by atoms with E-state index in [0.29, 0.717) is 17.1 Å². The van der Waals surface area contributed by atoms with Gasteiger partial charge in [0.25, 0.3) is 5.91 Å². The molecule has 0 aliphatic rings. The van der Waals surface area contributed by atoms with Crippen LogP contribution in [0.1, 0.15) is 15.9 Å². The van der Waals surface area contributed by atoms with Crippen LogP contribution < -0.4 is 14.8 Å². The molecule has 1 N–H and O–H groups in total. The SMILES string of the molecule is COc1ccc(C(=O)NCCN(Cc2ccccc2)S(C)(=O)=O)cc1OC. The fourth-order valence-electron chi connectivity index (χ4n) is 2.52. The summed E-state index contributed by atoms with van der Waals surface area (Å²) in [6, 6.07) is 14.1. The van der Waals surface area contributed by atoms with Gasteiger partial charge in [-0.15, -0.1) is 0 Å². The van der Waals surface area contributed by atoms with Gasteiger partial charge in [0.1, 0.15) is 0 Å². The predicted molar refractivity (Wildman–Crippen MR) is 104 cm³/mol. The highest BCUT2D eigenvalue weighted by atomic mass is 32.2. The number of rotatable bonds is 9. The minimum absolute atomic E-state index is 0.173. The predicted octanol–water partition coefficient (Wildman–Crippen LogP) is 1.90. The second-order valence-corrected chi connectivity index (χ2v) is 7.89. The molecule has 0 spiro atoms. The normalized spacial score (nSPS) is 11.3. The molecule has 0 fully saturated rings. The van der Waals surface area contributed by atoms with Crippen LogP contribution in [0.3, 0.4) is 0 Å². The van der Waals surface area contributed by atoms with Crippen molar-refractivity contribution in [3.63, 3.8) is 0 Å². The topological polar surface area (TPSA) is 84.9 Å². The number of nitrogens with zero attached hydrogens (tertiary/aromatic N) is 1. The number of hydrogen-bond acceptors (Lipinski definition) is 5. The average molecular weight is 392 g/mol. The van der Waals surface area contributed by atoms with Gasteiger partial charge >= 0.3 is 0 Å². The van der Waals surface area contributed by atoms with Crippen molar-refractivity contribution in [2.75, 3.05) is 33.6 Å². The smallest absolute Gasteiger partial charge is 0.251 e. The Hall–Kier alpha value is -2.58. The summed E-state index contributed by atoms with van der Waals surface area (Å²) in [4.78, 5) is 12.3. The highest BCUT2D eigenvalue weighted by Gasteiger charge is 2.17. The van der Waals surface area contributed by atoms with E-state index in [2.05, 4.69) is 5.32 Å². The molecular weight excluding hydrogens is 368 g/mol. The molecule has 0 saturated carbocycles. The van der Waals surface area contributed by atoms with Crippen LogP contribution in [0.4, 0.5) is 0 Å². The molecule has 0 aliphatic heterocycles. The van der Waals surface area contributed by atoms with Gasteiger partial charge in [-0.3, -0.25) is 4.79 Å². The summed E-state index contributed by atoms with van der Waals surface area (Å²) in [7, 11) is -0.389. The zero-order valence-electron chi connectivity index (χ0n) is 15.6. The quantitative estimate of drug-likeness (QED) is 0.705. The first-order valence-corrected chi connectivity index (χ1v) is 10.2. The first kappa shape index (κ1) is 20.7. The fourth-order valence-corrected chi connectivity index (χ4v) is 3.33. The first-order chi connectivity index (χ1) is 12.8. The van der Waals surface area contributed by atoms with Gasteiger partial charge in [0, 0.05) is 25.2 Å². The Balaban J connectivity index is 1.99. The summed E-state index contributed by atoms with van der Waals surface area (Å²) >= 11 is 0. The van der Waals surface area contributed by atoms with E-state index in [-0.39, 0.29) is 25.5 Å². The van der Waals surface area contributed by atoms with Gasteiger partial charge in [-0.1, -0.05) is 30.3 Å². The van der Waals surface area contributed by atoms with Gasteiger partial charge in [0.15, 0.2) is 11.5 Å². The molecule has 1 amide bonds. The van der Waals surface area contributed by atoms with Gasteiger partial charge in [-0.05, 0) is 23.8 Å². The monoisotopic (exact) mass is 392 g/mol. The molecule has 2 aromatic rings. The average Bonchev–Trinajstić information content (AvgIpc) is 2.66. The zero-order chi connectivity index (χ0) is 19.9. The minimum Gasteiger partial charge on any atom is -0.493 e. The van der Waals surface area contributed by atoms with E-state index >= 15 is 0 Å². The summed E-state index contributed by atoms with van der Waals surface area (Å²) in [5.74, 6) is 0.663. The molecule has 0 atom stereocenters. The number of sulfonamides is 1. The Morgan fingerprint density at radius 3 is 2.30 bits per heavy atom. The van der Waals surface area contributed by atoms with Crippen LogP contribution in [-0.2, 0) is 16.6 Å². The molecule has 2 aromatic carbocycles. The summed E-state index contributed by atoms with van der Waals surface area (Å²) in [6.45, 7) is 0.617. The second-order valence-electron chi connectivity index (χ2n) is 5.91. The van der Waals surface area contributed by atoms with Crippen LogP contribution in [0.5, 0.6) is 11.5 Å². The molecule has 27 heavy (non-hydrogen) atoms. The lowest BCUT2D eigenvalue weighted by Gasteiger charge is -2.20. The van der Waals surface area contributed by atoms with E-state index in [1.165, 1.54) is 18.5 Å². The zero-order valence-corrected chi connectivity index (χ0v) is 16.5. The molecule has 7 nitrogen and oxygen atoms in total. The lowest BCUT2D eigenvalue weighted by Crippen LogP contribution is -2.37. The lowest BCUT2D eigenvalue weighted by atomic mass is 10.2. The Labute approximate surface area is 160 Å². The van der Waals surface area contributed by atoms with E-state index in [4.69, 9.17) is 9.47 Å². The van der Waals surface area contributed by atoms with E-state index in [1.54, 1.807) is 18.2 Å². The second kappa shape index (κ2) is 9.38. The molecule has 0 aliphatic carbocycles. The lowest BCUT2D eigenvalue weighted by molar-refractivity contribution is 0.0951. The van der Waals surface area contributed by atoms with Gasteiger partial charge in [-0.2, -0.15) is 4.31 Å². The van der Waals surface area contributed by atoms with Crippen LogP contribution in [-0.4, -0.2) is 52.2 Å². The van der Waals surface area contributed by atoms with Crippen LogP contribution in [0.2, 0.25) is 0 Å². The van der Waals surface area contributed by atoms with Gasteiger partial charge in [-0.25, -0.2) is 8.42 Å². The number of carbonyl (C=O) groups excluding carboxylic acids is 1. The standard InChI is InChI=1S/C19H24N2O5S/c1-25-17-10-9-16(13-18(17)26-2)19(22)20-11-12-21(27(3,23)24)14-15-7-5-4-6-8-15/h4-10,13H,11-12,14H2,1-3H3,(H,20,22). The van der Waals surface area contributed by atoms with Crippen LogP contribution in [0, 0.1) is 0 Å².